The van der Waals surface area contributed by atoms with Crippen molar-refractivity contribution in [2.75, 3.05) is 31.6 Å². The highest BCUT2D eigenvalue weighted by molar-refractivity contribution is 5.80. The molecular formula is C17H26F2N4O. The maximum Gasteiger partial charge on any atom is 0.387 e. The van der Waals surface area contributed by atoms with Crippen molar-refractivity contribution in [3.05, 3.63) is 24.3 Å². The van der Waals surface area contributed by atoms with Gasteiger partial charge in [0.2, 0.25) is 0 Å². The van der Waals surface area contributed by atoms with Crippen LogP contribution in [0.2, 0.25) is 0 Å². The van der Waals surface area contributed by atoms with E-state index in [1.807, 2.05) is 12.1 Å². The summed E-state index contributed by atoms with van der Waals surface area (Å²) in [5.41, 5.74) is 0.701. The molecule has 1 aliphatic rings. The molecule has 7 heteroatoms. The van der Waals surface area contributed by atoms with Gasteiger partial charge in [-0.1, -0.05) is 26.0 Å². The minimum absolute atomic E-state index is 0.211. The van der Waals surface area contributed by atoms with Crippen LogP contribution < -0.4 is 20.3 Å². The summed E-state index contributed by atoms with van der Waals surface area (Å²) < 4.78 is 29.7. The van der Waals surface area contributed by atoms with Gasteiger partial charge in [0.1, 0.15) is 5.75 Å². The second-order valence-corrected chi connectivity index (χ2v) is 6.27. The number of aliphatic imine (C=N–C) groups is 1. The van der Waals surface area contributed by atoms with Crippen LogP contribution in [0.3, 0.4) is 0 Å². The molecular weight excluding hydrogens is 314 g/mol. The van der Waals surface area contributed by atoms with Gasteiger partial charge in [0, 0.05) is 32.7 Å². The molecule has 2 N–H and O–H groups in total. The molecule has 0 bridgehead atoms. The molecule has 1 fully saturated rings. The fourth-order valence-electron chi connectivity index (χ4n) is 2.70. The van der Waals surface area contributed by atoms with Gasteiger partial charge in [-0.2, -0.15) is 8.78 Å². The van der Waals surface area contributed by atoms with Gasteiger partial charge in [0.05, 0.1) is 5.69 Å². The number of hydrogen-bond donors (Lipinski definition) is 2. The predicted molar refractivity (Wildman–Crippen MR) is 93.0 cm³/mol. The molecule has 0 aromatic heterocycles. The summed E-state index contributed by atoms with van der Waals surface area (Å²) in [6.45, 7) is 3.80. The Morgan fingerprint density at radius 2 is 2.12 bits per heavy atom. The molecule has 1 heterocycles. The van der Waals surface area contributed by atoms with Crippen LogP contribution in [0.4, 0.5) is 14.5 Å². The zero-order valence-corrected chi connectivity index (χ0v) is 14.4. The minimum Gasteiger partial charge on any atom is -0.433 e. The van der Waals surface area contributed by atoms with E-state index in [9.17, 15) is 8.78 Å². The molecule has 1 aromatic carbocycles. The monoisotopic (exact) mass is 340 g/mol. The fraction of sp³-hybridized carbons (Fsp3) is 0.588. The summed E-state index contributed by atoms with van der Waals surface area (Å²) >= 11 is 0. The molecule has 0 spiro atoms. The molecule has 24 heavy (non-hydrogen) atoms. The summed E-state index contributed by atoms with van der Waals surface area (Å²) in [7, 11) is 1.74. The Morgan fingerprint density at radius 3 is 2.79 bits per heavy atom. The van der Waals surface area contributed by atoms with Crippen molar-refractivity contribution in [1.29, 1.82) is 0 Å². The van der Waals surface area contributed by atoms with Crippen molar-refractivity contribution in [2.24, 2.45) is 10.9 Å². The van der Waals surface area contributed by atoms with Crippen LogP contribution in [0.15, 0.2) is 29.3 Å². The molecule has 0 amide bonds. The first kappa shape index (κ1) is 18.3. The van der Waals surface area contributed by atoms with E-state index in [0.29, 0.717) is 18.2 Å². The van der Waals surface area contributed by atoms with E-state index in [1.54, 1.807) is 19.2 Å². The van der Waals surface area contributed by atoms with Crippen LogP contribution in [0.5, 0.6) is 5.75 Å². The quantitative estimate of drug-likeness (QED) is 0.617. The van der Waals surface area contributed by atoms with Crippen LogP contribution >= 0.6 is 0 Å². The van der Waals surface area contributed by atoms with Crippen LogP contribution in [0, 0.1) is 5.92 Å². The summed E-state index contributed by atoms with van der Waals surface area (Å²) in [5, 5.41) is 6.67. The molecule has 0 saturated carbocycles. The number of halogens is 2. The highest BCUT2D eigenvalue weighted by Gasteiger charge is 2.26. The number of rotatable bonds is 6. The van der Waals surface area contributed by atoms with Crippen molar-refractivity contribution in [3.63, 3.8) is 0 Å². The van der Waals surface area contributed by atoms with Gasteiger partial charge in [0.25, 0.3) is 0 Å². The summed E-state index contributed by atoms with van der Waals surface area (Å²) in [6.07, 6.45) is 0.908. The maximum atomic E-state index is 12.6. The molecule has 1 unspecified atom stereocenters. The van der Waals surface area contributed by atoms with Crippen molar-refractivity contribution >= 4 is 11.6 Å². The number of anilines is 1. The van der Waals surface area contributed by atoms with Gasteiger partial charge in [-0.3, -0.25) is 4.99 Å². The van der Waals surface area contributed by atoms with Gasteiger partial charge >= 0.3 is 6.61 Å². The van der Waals surface area contributed by atoms with Crippen LogP contribution in [-0.2, 0) is 0 Å². The molecule has 1 saturated heterocycles. The SMILES string of the molecule is CN=C(NCC(C)C)NC1CCN(c2ccccc2OC(F)F)C1. The van der Waals surface area contributed by atoms with E-state index >= 15 is 0 Å². The molecule has 1 aliphatic heterocycles. The first-order valence-corrected chi connectivity index (χ1v) is 8.25. The average Bonchev–Trinajstić information content (AvgIpc) is 2.99. The van der Waals surface area contributed by atoms with E-state index in [4.69, 9.17) is 0 Å². The molecule has 1 atom stereocenters. The zero-order chi connectivity index (χ0) is 17.5. The van der Waals surface area contributed by atoms with Gasteiger partial charge in [-0.05, 0) is 24.5 Å². The Morgan fingerprint density at radius 1 is 1.38 bits per heavy atom. The third-order valence-electron chi connectivity index (χ3n) is 3.85. The smallest absolute Gasteiger partial charge is 0.387 e. The minimum atomic E-state index is -2.82. The number of hydrogen-bond acceptors (Lipinski definition) is 3. The number of guanidine groups is 1. The lowest BCUT2D eigenvalue weighted by Crippen LogP contribution is -2.45. The highest BCUT2D eigenvalue weighted by atomic mass is 19.3. The lowest BCUT2D eigenvalue weighted by Gasteiger charge is -2.22. The third kappa shape index (κ3) is 5.25. The van der Waals surface area contributed by atoms with Gasteiger partial charge in [-0.15, -0.1) is 0 Å². The van der Waals surface area contributed by atoms with E-state index in [-0.39, 0.29) is 11.8 Å². The predicted octanol–water partition coefficient (Wildman–Crippen LogP) is 2.69. The molecule has 0 aliphatic carbocycles. The van der Waals surface area contributed by atoms with Gasteiger partial charge in [-0.25, -0.2) is 0 Å². The Balaban J connectivity index is 1.95. The summed E-state index contributed by atoms with van der Waals surface area (Å²) in [4.78, 5) is 6.29. The number of para-hydroxylation sites is 2. The normalized spacial score (nSPS) is 18.4. The van der Waals surface area contributed by atoms with E-state index < -0.39 is 6.61 Å². The first-order chi connectivity index (χ1) is 11.5. The average molecular weight is 340 g/mol. The highest BCUT2D eigenvalue weighted by Crippen LogP contribution is 2.31. The summed E-state index contributed by atoms with van der Waals surface area (Å²) in [5.74, 6) is 1.52. The topological polar surface area (TPSA) is 48.9 Å². The van der Waals surface area contributed by atoms with E-state index in [0.717, 1.165) is 25.5 Å². The molecule has 134 valence electrons. The number of nitrogens with zero attached hydrogens (tertiary/aromatic N) is 2. The molecule has 0 radical (unpaired) electrons. The van der Waals surface area contributed by atoms with Crippen molar-refractivity contribution < 1.29 is 13.5 Å². The summed E-state index contributed by atoms with van der Waals surface area (Å²) in [6, 6.07) is 7.13. The third-order valence-corrected chi connectivity index (χ3v) is 3.85. The number of benzene rings is 1. The largest absolute Gasteiger partial charge is 0.433 e. The number of nitrogens with one attached hydrogen (secondary N) is 2. The second kappa shape index (κ2) is 8.70. The second-order valence-electron chi connectivity index (χ2n) is 6.27. The Kier molecular flexibility index (Phi) is 6.63. The Hall–Kier alpha value is -2.05. The fourth-order valence-corrected chi connectivity index (χ4v) is 2.70. The van der Waals surface area contributed by atoms with Crippen molar-refractivity contribution in [3.8, 4) is 5.75 Å². The van der Waals surface area contributed by atoms with Crippen LogP contribution in [0.1, 0.15) is 20.3 Å². The molecule has 5 nitrogen and oxygen atoms in total. The van der Waals surface area contributed by atoms with E-state index in [1.165, 1.54) is 0 Å². The van der Waals surface area contributed by atoms with Crippen LogP contribution in [0.25, 0.3) is 0 Å². The first-order valence-electron chi connectivity index (χ1n) is 8.25. The van der Waals surface area contributed by atoms with Crippen LogP contribution in [-0.4, -0.2) is 45.3 Å². The molecule has 2 rings (SSSR count). The Labute approximate surface area is 142 Å². The standard InChI is InChI=1S/C17H26F2N4O/c1-12(2)10-21-17(20-3)22-13-8-9-23(11-13)14-6-4-5-7-15(14)24-16(18)19/h4-7,12-13,16H,8-11H2,1-3H3,(H2,20,21,22). The lowest BCUT2D eigenvalue weighted by molar-refractivity contribution is -0.0495. The van der Waals surface area contributed by atoms with Crippen molar-refractivity contribution in [1.82, 2.24) is 10.6 Å². The molecule has 1 aromatic rings. The van der Waals surface area contributed by atoms with Crippen molar-refractivity contribution in [2.45, 2.75) is 32.9 Å². The van der Waals surface area contributed by atoms with E-state index in [2.05, 4.69) is 39.1 Å². The Bertz CT molecular complexity index is 551. The number of ether oxygens (including phenoxy) is 1. The number of alkyl halides is 2. The van der Waals surface area contributed by atoms with Gasteiger partial charge in [0.15, 0.2) is 5.96 Å². The zero-order valence-electron chi connectivity index (χ0n) is 14.4. The van der Waals surface area contributed by atoms with Gasteiger partial charge < -0.3 is 20.3 Å². The lowest BCUT2D eigenvalue weighted by atomic mass is 10.2. The maximum absolute atomic E-state index is 12.6.